The van der Waals surface area contributed by atoms with Crippen LogP contribution in [0.5, 0.6) is 5.75 Å². The highest BCUT2D eigenvalue weighted by Crippen LogP contribution is 2.53. The van der Waals surface area contributed by atoms with Gasteiger partial charge in [0.1, 0.15) is 5.75 Å². The second-order valence-electron chi connectivity index (χ2n) is 6.76. The first-order valence-corrected chi connectivity index (χ1v) is 8.52. The Hall–Kier alpha value is -2.75. The molecule has 0 spiro atoms. The molecule has 3 unspecified atom stereocenters. The molecule has 4 heteroatoms. The number of nitrogens with one attached hydrogen (secondary N) is 1. The first-order chi connectivity index (χ1) is 12.1. The number of aromatic carboxylic acids is 1. The number of anilines is 1. The number of hydrogen-bond acceptors (Lipinski definition) is 4. The van der Waals surface area contributed by atoms with Crippen LogP contribution in [0.2, 0.25) is 0 Å². The topological polar surface area (TPSA) is 61.4 Å². The number of carboxylic acid groups (broad SMARTS) is 1. The maximum atomic E-state index is 11.0. The number of carbonyl (C=O) groups is 1. The van der Waals surface area contributed by atoms with Gasteiger partial charge < -0.3 is 20.0 Å². The van der Waals surface area contributed by atoms with Gasteiger partial charge in [0.25, 0.3) is 0 Å². The lowest BCUT2D eigenvalue weighted by molar-refractivity contribution is -0.255. The Kier molecular flexibility index (Phi) is 3.75. The van der Waals surface area contributed by atoms with E-state index in [4.69, 9.17) is 4.74 Å². The molecule has 2 aromatic carbocycles. The molecule has 1 heterocycles. The van der Waals surface area contributed by atoms with Crippen molar-refractivity contribution in [3.63, 3.8) is 0 Å². The van der Waals surface area contributed by atoms with Crippen LogP contribution in [-0.4, -0.2) is 13.1 Å². The smallest absolute Gasteiger partial charge is 0.142 e. The third kappa shape index (κ3) is 2.49. The molecule has 0 fully saturated rings. The summed E-state index contributed by atoms with van der Waals surface area (Å²) in [7, 11) is 1.69. The molecular formula is C21H20NO3-. The van der Waals surface area contributed by atoms with Crippen molar-refractivity contribution in [1.82, 2.24) is 0 Å². The van der Waals surface area contributed by atoms with Crippen molar-refractivity contribution in [3.8, 4) is 5.75 Å². The van der Waals surface area contributed by atoms with Crippen LogP contribution in [0.3, 0.4) is 0 Å². The van der Waals surface area contributed by atoms with Gasteiger partial charge in [-0.25, -0.2) is 0 Å². The molecular weight excluding hydrogens is 314 g/mol. The summed E-state index contributed by atoms with van der Waals surface area (Å²) in [5.74, 6) is 0.450. The van der Waals surface area contributed by atoms with E-state index in [-0.39, 0.29) is 11.6 Å². The fourth-order valence-electron chi connectivity index (χ4n) is 4.20. The largest absolute Gasteiger partial charge is 0.545 e. The van der Waals surface area contributed by atoms with Crippen molar-refractivity contribution in [1.29, 1.82) is 0 Å². The average Bonchev–Trinajstić information content (AvgIpc) is 3.11. The van der Waals surface area contributed by atoms with Crippen LogP contribution in [0.1, 0.15) is 45.4 Å². The molecule has 128 valence electrons. The Morgan fingerprint density at radius 1 is 1.20 bits per heavy atom. The van der Waals surface area contributed by atoms with E-state index in [2.05, 4.69) is 30.5 Å². The highest BCUT2D eigenvalue weighted by molar-refractivity contribution is 5.85. The molecule has 0 saturated carbocycles. The number of carboxylic acids is 1. The summed E-state index contributed by atoms with van der Waals surface area (Å²) in [6, 6.07) is 11.2. The summed E-state index contributed by atoms with van der Waals surface area (Å²) < 4.78 is 5.58. The highest BCUT2D eigenvalue weighted by Gasteiger charge is 2.39. The lowest BCUT2D eigenvalue weighted by Crippen LogP contribution is -2.30. The van der Waals surface area contributed by atoms with E-state index < -0.39 is 5.97 Å². The monoisotopic (exact) mass is 334 g/mol. The fourth-order valence-corrected chi connectivity index (χ4v) is 4.20. The van der Waals surface area contributed by atoms with E-state index in [0.717, 1.165) is 23.4 Å². The number of rotatable bonds is 3. The van der Waals surface area contributed by atoms with E-state index >= 15 is 0 Å². The van der Waals surface area contributed by atoms with E-state index in [1.165, 1.54) is 11.1 Å². The standard InChI is InChI=1S/C21H21NO3/c1-12-6-11-17(25-2)20-18(12)15-4-3-5-16(15)19(22-20)13-7-9-14(10-8-13)21(23)24/h3-4,6-11,15-16,19,22H,5H2,1-2H3,(H,23,24)/p-1. The third-order valence-electron chi connectivity index (χ3n) is 5.42. The summed E-state index contributed by atoms with van der Waals surface area (Å²) in [5, 5.41) is 14.7. The van der Waals surface area contributed by atoms with E-state index in [0.29, 0.717) is 11.8 Å². The molecule has 0 saturated heterocycles. The van der Waals surface area contributed by atoms with Crippen molar-refractivity contribution in [3.05, 3.63) is 70.8 Å². The second-order valence-corrected chi connectivity index (χ2v) is 6.76. The van der Waals surface area contributed by atoms with Gasteiger partial charge in [-0.1, -0.05) is 42.5 Å². The van der Waals surface area contributed by atoms with Gasteiger partial charge in [-0.05, 0) is 47.6 Å². The van der Waals surface area contributed by atoms with Gasteiger partial charge in [-0.3, -0.25) is 0 Å². The van der Waals surface area contributed by atoms with Crippen molar-refractivity contribution >= 4 is 11.7 Å². The zero-order valence-electron chi connectivity index (χ0n) is 14.3. The van der Waals surface area contributed by atoms with Crippen molar-refractivity contribution < 1.29 is 14.6 Å². The number of allylic oxidation sites excluding steroid dienone is 2. The van der Waals surface area contributed by atoms with Gasteiger partial charge in [0.05, 0.1) is 24.8 Å². The molecule has 1 aliphatic carbocycles. The predicted molar refractivity (Wildman–Crippen MR) is 94.9 cm³/mol. The summed E-state index contributed by atoms with van der Waals surface area (Å²) in [4.78, 5) is 11.0. The molecule has 2 aliphatic rings. The number of benzene rings is 2. The first kappa shape index (κ1) is 15.8. The number of ether oxygens (including phenoxy) is 1. The Balaban J connectivity index is 1.79. The lowest BCUT2D eigenvalue weighted by Gasteiger charge is -2.39. The molecule has 3 atom stereocenters. The number of fused-ring (bicyclic) bond motifs is 3. The Labute approximate surface area is 147 Å². The lowest BCUT2D eigenvalue weighted by atomic mass is 9.75. The molecule has 25 heavy (non-hydrogen) atoms. The minimum atomic E-state index is -1.15. The summed E-state index contributed by atoms with van der Waals surface area (Å²) in [5.41, 5.74) is 4.90. The zero-order chi connectivity index (χ0) is 17.6. The summed E-state index contributed by atoms with van der Waals surface area (Å²) in [6.45, 7) is 2.14. The number of hydrogen-bond donors (Lipinski definition) is 1. The van der Waals surface area contributed by atoms with Crippen LogP contribution < -0.4 is 15.2 Å². The summed E-state index contributed by atoms with van der Waals surface area (Å²) in [6.07, 6.45) is 5.54. The van der Waals surface area contributed by atoms with Crippen LogP contribution >= 0.6 is 0 Å². The fraction of sp³-hybridized carbons (Fsp3) is 0.286. The zero-order valence-corrected chi connectivity index (χ0v) is 14.3. The van der Waals surface area contributed by atoms with Gasteiger partial charge in [-0.2, -0.15) is 0 Å². The Bertz CT molecular complexity index is 854. The van der Waals surface area contributed by atoms with Gasteiger partial charge >= 0.3 is 0 Å². The maximum absolute atomic E-state index is 11.0. The summed E-state index contributed by atoms with van der Waals surface area (Å²) >= 11 is 0. The highest BCUT2D eigenvalue weighted by atomic mass is 16.5. The molecule has 0 radical (unpaired) electrons. The van der Waals surface area contributed by atoms with E-state index in [1.54, 1.807) is 19.2 Å². The normalized spacial score (nSPS) is 23.5. The van der Waals surface area contributed by atoms with Crippen LogP contribution in [0, 0.1) is 12.8 Å². The Morgan fingerprint density at radius 2 is 1.96 bits per heavy atom. The van der Waals surface area contributed by atoms with Gasteiger partial charge in [0.15, 0.2) is 0 Å². The molecule has 0 bridgehead atoms. The van der Waals surface area contributed by atoms with Crippen molar-refractivity contribution in [2.45, 2.75) is 25.3 Å². The van der Waals surface area contributed by atoms with Crippen LogP contribution in [-0.2, 0) is 0 Å². The SMILES string of the molecule is COc1ccc(C)c2c1NC(c1ccc(C(=O)[O-])cc1)C1CC=CC21. The molecule has 2 aromatic rings. The molecule has 0 amide bonds. The molecule has 4 rings (SSSR count). The van der Waals surface area contributed by atoms with Gasteiger partial charge in [-0.15, -0.1) is 0 Å². The first-order valence-electron chi connectivity index (χ1n) is 8.52. The molecule has 0 aromatic heterocycles. The second kappa shape index (κ2) is 5.96. The van der Waals surface area contributed by atoms with Crippen LogP contribution in [0.25, 0.3) is 0 Å². The predicted octanol–water partition coefficient (Wildman–Crippen LogP) is 3.19. The third-order valence-corrected chi connectivity index (χ3v) is 5.42. The minimum absolute atomic E-state index is 0.110. The maximum Gasteiger partial charge on any atom is 0.142 e. The van der Waals surface area contributed by atoms with Gasteiger partial charge in [0, 0.05) is 5.92 Å². The molecule has 1 N–H and O–H groups in total. The minimum Gasteiger partial charge on any atom is -0.545 e. The van der Waals surface area contributed by atoms with Crippen LogP contribution in [0.15, 0.2) is 48.6 Å². The number of carbonyl (C=O) groups excluding carboxylic acids is 1. The van der Waals surface area contributed by atoms with E-state index in [1.807, 2.05) is 18.2 Å². The van der Waals surface area contributed by atoms with E-state index in [9.17, 15) is 9.90 Å². The van der Waals surface area contributed by atoms with Crippen molar-refractivity contribution in [2.75, 3.05) is 12.4 Å². The Morgan fingerprint density at radius 3 is 2.64 bits per heavy atom. The van der Waals surface area contributed by atoms with Crippen LogP contribution in [0.4, 0.5) is 5.69 Å². The number of aryl methyl sites for hydroxylation is 1. The van der Waals surface area contributed by atoms with Gasteiger partial charge in [0.2, 0.25) is 0 Å². The molecule has 4 nitrogen and oxygen atoms in total. The van der Waals surface area contributed by atoms with Crippen molar-refractivity contribution in [2.24, 2.45) is 5.92 Å². The number of methoxy groups -OCH3 is 1. The average molecular weight is 334 g/mol. The molecule has 1 aliphatic heterocycles. The quantitative estimate of drug-likeness (QED) is 0.876.